The molecule has 2 N–H and O–H groups in total. The van der Waals surface area contributed by atoms with Gasteiger partial charge in [-0.25, -0.2) is 9.97 Å². The smallest absolute Gasteiger partial charge is 0.252 e. The largest absolute Gasteiger partial charge is 0.463 e. The van der Waals surface area contributed by atoms with Gasteiger partial charge in [-0.05, 0) is 18.2 Å². The third-order valence-electron chi connectivity index (χ3n) is 2.25. The molecule has 0 bridgehead atoms. The van der Waals surface area contributed by atoms with Crippen molar-refractivity contribution in [3.05, 3.63) is 42.9 Å². The molecule has 3 aromatic rings. The van der Waals surface area contributed by atoms with Crippen molar-refractivity contribution < 1.29 is 4.42 Å². The summed E-state index contributed by atoms with van der Waals surface area (Å²) in [5.41, 5.74) is 6.51. The Labute approximate surface area is 96.7 Å². The first kappa shape index (κ1) is 9.59. The fourth-order valence-electron chi connectivity index (χ4n) is 1.50. The summed E-state index contributed by atoms with van der Waals surface area (Å²) in [6.07, 6.45) is 4.86. The molecule has 0 aliphatic rings. The van der Waals surface area contributed by atoms with Gasteiger partial charge in [0, 0.05) is 18.5 Å². The number of nitrogens with zero attached hydrogens (tertiary/aromatic N) is 4. The van der Waals surface area contributed by atoms with Crippen LogP contribution in [-0.2, 0) is 0 Å². The Morgan fingerprint density at radius 1 is 1.18 bits per heavy atom. The van der Waals surface area contributed by atoms with Crippen molar-refractivity contribution in [3.63, 3.8) is 0 Å². The Morgan fingerprint density at radius 3 is 2.71 bits per heavy atom. The Balaban J connectivity index is 2.08. The van der Waals surface area contributed by atoms with E-state index in [0.29, 0.717) is 23.2 Å². The normalized spacial score (nSPS) is 10.6. The third-order valence-corrected chi connectivity index (χ3v) is 2.25. The van der Waals surface area contributed by atoms with E-state index in [1.807, 2.05) is 6.07 Å². The van der Waals surface area contributed by atoms with E-state index in [9.17, 15) is 0 Å². The molecule has 3 heterocycles. The Bertz CT molecular complexity index is 615. The van der Waals surface area contributed by atoms with Gasteiger partial charge in [-0.3, -0.25) is 0 Å². The molecular weight excluding hydrogens is 218 g/mol. The second-order valence-corrected chi connectivity index (χ2v) is 3.39. The van der Waals surface area contributed by atoms with E-state index in [-0.39, 0.29) is 0 Å². The van der Waals surface area contributed by atoms with Crippen molar-refractivity contribution in [1.29, 1.82) is 0 Å². The van der Waals surface area contributed by atoms with Crippen LogP contribution >= 0.6 is 0 Å². The molecule has 0 aromatic carbocycles. The molecule has 0 aliphatic heterocycles. The van der Waals surface area contributed by atoms with Gasteiger partial charge >= 0.3 is 0 Å². The lowest BCUT2D eigenvalue weighted by Gasteiger charge is -1.99. The monoisotopic (exact) mass is 227 g/mol. The second kappa shape index (κ2) is 3.75. The van der Waals surface area contributed by atoms with Crippen LogP contribution in [0.1, 0.15) is 0 Å². The van der Waals surface area contributed by atoms with Crippen molar-refractivity contribution in [1.82, 2.24) is 19.7 Å². The zero-order chi connectivity index (χ0) is 11.7. The second-order valence-electron chi connectivity index (χ2n) is 3.39. The fraction of sp³-hybridized carbons (Fsp3) is 0. The van der Waals surface area contributed by atoms with E-state index in [0.717, 1.165) is 0 Å². The Kier molecular flexibility index (Phi) is 2.11. The van der Waals surface area contributed by atoms with Gasteiger partial charge < -0.3 is 10.2 Å². The first-order valence-corrected chi connectivity index (χ1v) is 5.01. The molecule has 0 saturated heterocycles. The molecule has 0 fully saturated rings. The average molecular weight is 227 g/mol. The zero-order valence-electron chi connectivity index (χ0n) is 8.82. The van der Waals surface area contributed by atoms with E-state index >= 15 is 0 Å². The van der Waals surface area contributed by atoms with Crippen molar-refractivity contribution in [2.75, 3.05) is 5.73 Å². The van der Waals surface area contributed by atoms with Gasteiger partial charge in [-0.1, -0.05) is 0 Å². The highest BCUT2D eigenvalue weighted by Gasteiger charge is 2.11. The lowest BCUT2D eigenvalue weighted by Crippen LogP contribution is -2.05. The van der Waals surface area contributed by atoms with Crippen LogP contribution in [0.4, 0.5) is 5.82 Å². The van der Waals surface area contributed by atoms with Crippen molar-refractivity contribution >= 4 is 5.82 Å². The molecule has 0 radical (unpaired) electrons. The number of anilines is 1. The fourth-order valence-corrected chi connectivity index (χ4v) is 1.50. The molecular formula is C11H9N5O. The number of hydrogen-bond donors (Lipinski definition) is 1. The van der Waals surface area contributed by atoms with Crippen LogP contribution in [-0.4, -0.2) is 19.7 Å². The summed E-state index contributed by atoms with van der Waals surface area (Å²) >= 11 is 0. The van der Waals surface area contributed by atoms with Crippen LogP contribution in [0.25, 0.3) is 17.4 Å². The molecule has 84 valence electrons. The molecule has 0 saturated carbocycles. The van der Waals surface area contributed by atoms with Gasteiger partial charge in [-0.15, -0.1) is 0 Å². The van der Waals surface area contributed by atoms with Crippen molar-refractivity contribution in [3.8, 4) is 17.4 Å². The van der Waals surface area contributed by atoms with Crippen LogP contribution in [0.15, 0.2) is 47.3 Å². The van der Waals surface area contributed by atoms with Gasteiger partial charge in [0.05, 0.1) is 6.26 Å². The van der Waals surface area contributed by atoms with Crippen molar-refractivity contribution in [2.24, 2.45) is 0 Å². The maximum Gasteiger partial charge on any atom is 0.252 e. The zero-order valence-corrected chi connectivity index (χ0v) is 8.82. The average Bonchev–Trinajstić information content (AvgIpc) is 2.99. The third kappa shape index (κ3) is 1.65. The van der Waals surface area contributed by atoms with Crippen LogP contribution in [0.3, 0.4) is 0 Å². The molecule has 0 aliphatic carbocycles. The molecule has 17 heavy (non-hydrogen) atoms. The van der Waals surface area contributed by atoms with Gasteiger partial charge in [0.25, 0.3) is 5.95 Å². The summed E-state index contributed by atoms with van der Waals surface area (Å²) in [6, 6.07) is 7.06. The van der Waals surface area contributed by atoms with E-state index in [4.69, 9.17) is 10.2 Å². The summed E-state index contributed by atoms with van der Waals surface area (Å²) < 4.78 is 6.72. The van der Waals surface area contributed by atoms with E-state index in [1.54, 1.807) is 36.9 Å². The lowest BCUT2D eigenvalue weighted by atomic mass is 10.3. The molecule has 6 heteroatoms. The maximum absolute atomic E-state index is 5.86. The topological polar surface area (TPSA) is 82.8 Å². The quantitative estimate of drug-likeness (QED) is 0.717. The van der Waals surface area contributed by atoms with E-state index in [1.165, 1.54) is 4.68 Å². The first-order chi connectivity index (χ1) is 8.34. The highest BCUT2D eigenvalue weighted by Crippen LogP contribution is 2.21. The molecule has 3 rings (SSSR count). The van der Waals surface area contributed by atoms with Crippen LogP contribution in [0.5, 0.6) is 0 Å². The van der Waals surface area contributed by atoms with Gasteiger partial charge in [0.15, 0.2) is 5.76 Å². The minimum absolute atomic E-state index is 0.433. The molecule has 0 unspecified atom stereocenters. The summed E-state index contributed by atoms with van der Waals surface area (Å²) in [6.45, 7) is 0. The predicted octanol–water partition coefficient (Wildman–Crippen LogP) is 1.50. The first-order valence-electron chi connectivity index (χ1n) is 5.01. The molecule has 6 nitrogen and oxygen atoms in total. The number of furan rings is 1. The van der Waals surface area contributed by atoms with Crippen LogP contribution in [0, 0.1) is 0 Å². The summed E-state index contributed by atoms with van der Waals surface area (Å²) in [5.74, 6) is 1.55. The number of nitrogens with two attached hydrogens (primary N) is 1. The van der Waals surface area contributed by atoms with Gasteiger partial charge in [-0.2, -0.15) is 9.78 Å². The number of nitrogen functional groups attached to an aromatic ring is 1. The Hall–Kier alpha value is -2.63. The van der Waals surface area contributed by atoms with Gasteiger partial charge in [0.1, 0.15) is 11.5 Å². The number of rotatable bonds is 2. The van der Waals surface area contributed by atoms with Crippen molar-refractivity contribution in [2.45, 2.75) is 0 Å². The van der Waals surface area contributed by atoms with Gasteiger partial charge in [0.2, 0.25) is 0 Å². The number of hydrogen-bond acceptors (Lipinski definition) is 5. The minimum Gasteiger partial charge on any atom is -0.463 e. The predicted molar refractivity (Wildman–Crippen MR) is 61.3 cm³/mol. The number of aromatic nitrogens is 4. The summed E-state index contributed by atoms with van der Waals surface area (Å²) in [5, 5.41) is 4.30. The SMILES string of the molecule is Nc1cc(-c2ccco2)nn1-c1ncccn1. The summed E-state index contributed by atoms with van der Waals surface area (Å²) in [4.78, 5) is 8.17. The van der Waals surface area contributed by atoms with Crippen LogP contribution in [0.2, 0.25) is 0 Å². The Morgan fingerprint density at radius 2 is 2.00 bits per heavy atom. The lowest BCUT2D eigenvalue weighted by molar-refractivity contribution is 0.578. The maximum atomic E-state index is 5.86. The molecule has 0 amide bonds. The van der Waals surface area contributed by atoms with Crippen LogP contribution < -0.4 is 5.73 Å². The van der Waals surface area contributed by atoms with E-state index < -0.39 is 0 Å². The molecule has 0 atom stereocenters. The van der Waals surface area contributed by atoms with E-state index in [2.05, 4.69) is 15.1 Å². The summed E-state index contributed by atoms with van der Waals surface area (Å²) in [7, 11) is 0. The standard InChI is InChI=1S/C11H9N5O/c12-10-7-8(9-3-1-6-17-9)15-16(10)11-13-4-2-5-14-11/h1-7H,12H2. The highest BCUT2D eigenvalue weighted by molar-refractivity contribution is 5.57. The highest BCUT2D eigenvalue weighted by atomic mass is 16.3. The molecule has 0 spiro atoms. The molecule has 3 aromatic heterocycles. The minimum atomic E-state index is 0.433.